The normalized spacial score (nSPS) is 33.8. The number of hydroxylamine groups is 2. The van der Waals surface area contributed by atoms with Crippen LogP contribution in [0, 0.1) is 0 Å². The van der Waals surface area contributed by atoms with Crippen LogP contribution in [-0.2, 0) is 0 Å². The van der Waals surface area contributed by atoms with Gasteiger partial charge >= 0.3 is 0 Å². The van der Waals surface area contributed by atoms with Gasteiger partial charge in [0.15, 0.2) is 5.78 Å². The third-order valence-corrected chi connectivity index (χ3v) is 3.31. The Kier molecular flexibility index (Phi) is 2.37. The van der Waals surface area contributed by atoms with Crippen LogP contribution < -0.4 is 0 Å². The lowest BCUT2D eigenvalue weighted by Crippen LogP contribution is -2.16. The molecule has 0 saturated carbocycles. The number of carbonyl (C=O) groups is 1. The van der Waals surface area contributed by atoms with Crippen LogP contribution in [0.15, 0.2) is 30.3 Å². The second kappa shape index (κ2) is 3.43. The molecule has 0 aromatic heterocycles. The Hall–Kier alpha value is -1.19. The molecule has 3 atom stereocenters. The summed E-state index contributed by atoms with van der Waals surface area (Å²) < 4.78 is 0. The second-order valence-corrected chi connectivity index (χ2v) is 4.19. The number of nitrogens with zero attached hydrogens (tertiary/aromatic N) is 1. The summed E-state index contributed by atoms with van der Waals surface area (Å²) in [5, 5.41) is 10.7. The van der Waals surface area contributed by atoms with E-state index in [0.717, 1.165) is 11.5 Å². The van der Waals surface area contributed by atoms with E-state index in [1.807, 2.05) is 32.0 Å². The molecule has 80 valence electrons. The molecule has 0 bridgehead atoms. The summed E-state index contributed by atoms with van der Waals surface area (Å²) in [7, 11) is 0. The van der Waals surface area contributed by atoms with Gasteiger partial charge in [-0.25, -0.2) is 0 Å². The lowest BCUT2D eigenvalue weighted by atomic mass is 9.98. The summed E-state index contributed by atoms with van der Waals surface area (Å²) >= 11 is 0. The van der Waals surface area contributed by atoms with Crippen LogP contribution >= 0.6 is 0 Å². The molecule has 1 aromatic rings. The maximum atomic E-state index is 12.0. The van der Waals surface area contributed by atoms with Crippen LogP contribution in [0.2, 0.25) is 0 Å². The monoisotopic (exact) mass is 205 g/mol. The number of ketones is 1. The van der Waals surface area contributed by atoms with Gasteiger partial charge in [-0.1, -0.05) is 37.3 Å². The summed E-state index contributed by atoms with van der Waals surface area (Å²) in [5.41, 5.74) is 0.297. The lowest BCUT2D eigenvalue weighted by Gasteiger charge is -2.02. The van der Waals surface area contributed by atoms with Gasteiger partial charge in [0, 0.05) is 5.56 Å². The number of rotatable bonds is 3. The molecule has 3 unspecified atom stereocenters. The maximum Gasteiger partial charge on any atom is 0.184 e. The second-order valence-electron chi connectivity index (χ2n) is 4.19. The first-order valence-corrected chi connectivity index (χ1v) is 5.18. The van der Waals surface area contributed by atoms with Crippen LogP contribution in [0.3, 0.4) is 0 Å². The Labute approximate surface area is 89.3 Å². The van der Waals surface area contributed by atoms with Crippen molar-refractivity contribution in [3.63, 3.8) is 0 Å². The standard InChI is InChI=1S/C12H15NO2/c1-3-12(2)11(13(12)15)10(14)9-7-5-4-6-8-9/h4-8,11,15H,3H2,1-2H3. The molecule has 0 spiro atoms. The average Bonchev–Trinajstić information content (AvgIpc) is 2.83. The molecule has 1 aliphatic heterocycles. The van der Waals surface area contributed by atoms with E-state index in [0.29, 0.717) is 5.56 Å². The van der Waals surface area contributed by atoms with Crippen LogP contribution in [-0.4, -0.2) is 27.6 Å². The van der Waals surface area contributed by atoms with Gasteiger partial charge < -0.3 is 5.21 Å². The Bertz CT molecular complexity index is 376. The van der Waals surface area contributed by atoms with Gasteiger partial charge in [-0.3, -0.25) is 4.79 Å². The molecular weight excluding hydrogens is 190 g/mol. The van der Waals surface area contributed by atoms with E-state index in [-0.39, 0.29) is 17.4 Å². The van der Waals surface area contributed by atoms with E-state index >= 15 is 0 Å². The summed E-state index contributed by atoms with van der Waals surface area (Å²) in [6.45, 7) is 3.88. The van der Waals surface area contributed by atoms with Gasteiger partial charge in [0.25, 0.3) is 0 Å². The molecule has 1 N–H and O–H groups in total. The van der Waals surface area contributed by atoms with Crippen LogP contribution in [0.1, 0.15) is 30.6 Å². The molecule has 15 heavy (non-hydrogen) atoms. The van der Waals surface area contributed by atoms with Crippen molar-refractivity contribution in [3.05, 3.63) is 35.9 Å². The van der Waals surface area contributed by atoms with Crippen molar-refractivity contribution in [1.29, 1.82) is 0 Å². The zero-order chi connectivity index (χ0) is 11.1. The molecule has 1 saturated heterocycles. The predicted molar refractivity (Wildman–Crippen MR) is 56.9 cm³/mol. The Balaban J connectivity index is 2.19. The van der Waals surface area contributed by atoms with Gasteiger partial charge in [-0.15, -0.1) is 0 Å². The van der Waals surface area contributed by atoms with E-state index < -0.39 is 0 Å². The van der Waals surface area contributed by atoms with E-state index in [2.05, 4.69) is 0 Å². The minimum absolute atomic E-state index is 0.00227. The SMILES string of the molecule is CCC1(C)C(C(=O)c2ccccc2)N1O. The van der Waals surface area contributed by atoms with E-state index in [1.165, 1.54) is 0 Å². The minimum atomic E-state index is -0.370. The quantitative estimate of drug-likeness (QED) is 0.607. The van der Waals surface area contributed by atoms with Crippen molar-refractivity contribution in [3.8, 4) is 0 Å². The van der Waals surface area contributed by atoms with Gasteiger partial charge in [-0.2, -0.15) is 5.06 Å². The van der Waals surface area contributed by atoms with Gasteiger partial charge in [0.2, 0.25) is 0 Å². The molecule has 1 heterocycles. The molecule has 1 aliphatic rings. The molecule has 3 heteroatoms. The van der Waals surface area contributed by atoms with Crippen molar-refractivity contribution in [1.82, 2.24) is 5.06 Å². The first-order chi connectivity index (χ1) is 7.11. The molecule has 1 aromatic carbocycles. The van der Waals surface area contributed by atoms with E-state index in [9.17, 15) is 10.0 Å². The van der Waals surface area contributed by atoms with E-state index in [1.54, 1.807) is 12.1 Å². The van der Waals surface area contributed by atoms with Crippen molar-refractivity contribution >= 4 is 5.78 Å². The molecular formula is C12H15NO2. The first-order valence-electron chi connectivity index (χ1n) is 5.18. The van der Waals surface area contributed by atoms with Crippen LogP contribution in [0.25, 0.3) is 0 Å². The van der Waals surface area contributed by atoms with Gasteiger partial charge in [-0.05, 0) is 13.3 Å². The predicted octanol–water partition coefficient (Wildman–Crippen LogP) is 2.11. The van der Waals surface area contributed by atoms with Crippen molar-refractivity contribution < 1.29 is 10.0 Å². The highest BCUT2D eigenvalue weighted by Gasteiger charge is 2.61. The fourth-order valence-electron chi connectivity index (χ4n) is 1.92. The van der Waals surface area contributed by atoms with Crippen LogP contribution in [0.4, 0.5) is 0 Å². The number of hydrogen-bond acceptors (Lipinski definition) is 3. The van der Waals surface area contributed by atoms with Gasteiger partial charge in [0.1, 0.15) is 6.04 Å². The van der Waals surface area contributed by atoms with Gasteiger partial charge in [0.05, 0.1) is 5.54 Å². The molecule has 0 aliphatic carbocycles. The number of carbonyl (C=O) groups excluding carboxylic acids is 1. The Morgan fingerprint density at radius 3 is 2.53 bits per heavy atom. The highest BCUT2D eigenvalue weighted by atomic mass is 16.5. The molecule has 0 radical (unpaired) electrons. The minimum Gasteiger partial charge on any atom is -0.313 e. The summed E-state index contributed by atoms with van der Waals surface area (Å²) in [6.07, 6.45) is 0.771. The van der Waals surface area contributed by atoms with Crippen LogP contribution in [0.5, 0.6) is 0 Å². The van der Waals surface area contributed by atoms with Crippen molar-refractivity contribution in [2.24, 2.45) is 0 Å². The van der Waals surface area contributed by atoms with E-state index in [4.69, 9.17) is 0 Å². The lowest BCUT2D eigenvalue weighted by molar-refractivity contribution is -0.0110. The Morgan fingerprint density at radius 2 is 2.07 bits per heavy atom. The molecule has 2 rings (SSSR count). The Morgan fingerprint density at radius 1 is 1.47 bits per heavy atom. The summed E-state index contributed by atoms with van der Waals surface area (Å²) in [6, 6.07) is 8.74. The first kappa shape index (κ1) is 10.3. The molecule has 3 nitrogen and oxygen atoms in total. The third kappa shape index (κ3) is 1.48. The zero-order valence-electron chi connectivity index (χ0n) is 8.97. The summed E-state index contributed by atoms with van der Waals surface area (Å²) in [4.78, 5) is 12.0. The molecule has 0 amide bonds. The maximum absolute atomic E-state index is 12.0. The smallest absolute Gasteiger partial charge is 0.184 e. The number of Topliss-reactive ketones (excluding diaryl/α,β-unsaturated/α-hetero) is 1. The number of hydrogen-bond donors (Lipinski definition) is 1. The fourth-order valence-corrected chi connectivity index (χ4v) is 1.92. The average molecular weight is 205 g/mol. The third-order valence-electron chi connectivity index (χ3n) is 3.31. The van der Waals surface area contributed by atoms with Crippen molar-refractivity contribution in [2.75, 3.05) is 0 Å². The summed E-state index contributed by atoms with van der Waals surface area (Å²) in [5.74, 6) is 0.00227. The molecule has 1 fully saturated rings. The largest absolute Gasteiger partial charge is 0.313 e. The number of benzene rings is 1. The topological polar surface area (TPSA) is 40.3 Å². The fraction of sp³-hybridized carbons (Fsp3) is 0.417. The zero-order valence-corrected chi connectivity index (χ0v) is 8.97. The van der Waals surface area contributed by atoms with Crippen molar-refractivity contribution in [2.45, 2.75) is 31.8 Å². The highest BCUT2D eigenvalue weighted by molar-refractivity contribution is 6.03. The highest BCUT2D eigenvalue weighted by Crippen LogP contribution is 2.42.